The molecule has 0 spiro atoms. The van der Waals surface area contributed by atoms with Crippen molar-refractivity contribution in [1.82, 2.24) is 4.90 Å². The summed E-state index contributed by atoms with van der Waals surface area (Å²) in [5.41, 5.74) is 0.824. The Kier molecular flexibility index (Phi) is 4.35. The van der Waals surface area contributed by atoms with Gasteiger partial charge in [-0.05, 0) is 73.4 Å². The lowest BCUT2D eigenvalue weighted by Crippen LogP contribution is -2.41. The van der Waals surface area contributed by atoms with Gasteiger partial charge in [0, 0.05) is 28.3 Å². The SMILES string of the molecule is CN1C2CCC1CC(CNc1ccc(I)cc1[N+](=O)[O-])C2. The molecule has 0 aliphatic carbocycles. The molecule has 1 aromatic rings. The number of rotatable bonds is 4. The fourth-order valence-corrected chi connectivity index (χ4v) is 4.23. The molecule has 2 fully saturated rings. The molecule has 0 amide bonds. The molecule has 2 aliphatic heterocycles. The third-order valence-electron chi connectivity index (χ3n) is 4.93. The lowest BCUT2D eigenvalue weighted by Gasteiger charge is -2.36. The zero-order valence-corrected chi connectivity index (χ0v) is 14.2. The maximum atomic E-state index is 11.1. The summed E-state index contributed by atoms with van der Waals surface area (Å²) in [6.07, 6.45) is 5.03. The molecule has 5 nitrogen and oxygen atoms in total. The predicted octanol–water partition coefficient (Wildman–Crippen LogP) is 3.48. The van der Waals surface area contributed by atoms with Crippen molar-refractivity contribution in [2.75, 3.05) is 18.9 Å². The molecular weight excluding hydrogens is 381 g/mol. The van der Waals surface area contributed by atoms with E-state index >= 15 is 0 Å². The molecule has 21 heavy (non-hydrogen) atoms. The first-order chi connectivity index (χ1) is 10.0. The Hall–Kier alpha value is -0.890. The van der Waals surface area contributed by atoms with Gasteiger partial charge < -0.3 is 10.2 Å². The minimum Gasteiger partial charge on any atom is -0.379 e. The quantitative estimate of drug-likeness (QED) is 0.477. The summed E-state index contributed by atoms with van der Waals surface area (Å²) < 4.78 is 0.891. The van der Waals surface area contributed by atoms with Crippen molar-refractivity contribution < 1.29 is 4.92 Å². The maximum absolute atomic E-state index is 11.1. The van der Waals surface area contributed by atoms with Gasteiger partial charge in [0.25, 0.3) is 5.69 Å². The number of anilines is 1. The zero-order valence-electron chi connectivity index (χ0n) is 12.1. The highest BCUT2D eigenvalue weighted by atomic mass is 127. The molecule has 0 saturated carbocycles. The molecule has 6 heteroatoms. The first kappa shape index (κ1) is 15.0. The molecular formula is C15H20IN3O2. The first-order valence-corrected chi connectivity index (χ1v) is 8.52. The minimum atomic E-state index is -0.303. The van der Waals surface area contributed by atoms with E-state index in [1.54, 1.807) is 6.07 Å². The van der Waals surface area contributed by atoms with Crippen LogP contribution in [0.1, 0.15) is 25.7 Å². The van der Waals surface area contributed by atoms with Crippen molar-refractivity contribution in [3.05, 3.63) is 31.9 Å². The summed E-state index contributed by atoms with van der Waals surface area (Å²) in [4.78, 5) is 13.4. The number of hydrogen-bond acceptors (Lipinski definition) is 4. The van der Waals surface area contributed by atoms with E-state index in [0.29, 0.717) is 23.7 Å². The summed E-state index contributed by atoms with van der Waals surface area (Å²) >= 11 is 2.11. The average Bonchev–Trinajstić information content (AvgIpc) is 2.68. The first-order valence-electron chi connectivity index (χ1n) is 7.44. The van der Waals surface area contributed by atoms with E-state index in [-0.39, 0.29) is 10.6 Å². The predicted molar refractivity (Wildman–Crippen MR) is 91.6 cm³/mol. The Bertz CT molecular complexity index is 538. The standard InChI is InChI=1S/C15H20IN3O2/c1-18-12-3-4-13(18)7-10(6-12)9-17-14-5-2-11(16)8-15(14)19(20)21/h2,5,8,10,12-13,17H,3-4,6-7,9H2,1H3. The number of nitrogens with one attached hydrogen (secondary N) is 1. The largest absolute Gasteiger partial charge is 0.379 e. The minimum absolute atomic E-state index is 0.179. The molecule has 2 unspecified atom stereocenters. The van der Waals surface area contributed by atoms with Crippen molar-refractivity contribution in [3.63, 3.8) is 0 Å². The van der Waals surface area contributed by atoms with Crippen molar-refractivity contribution >= 4 is 34.0 Å². The molecule has 0 aromatic heterocycles. The lowest BCUT2D eigenvalue weighted by atomic mass is 9.91. The van der Waals surface area contributed by atoms with E-state index in [2.05, 4.69) is 39.9 Å². The smallest absolute Gasteiger partial charge is 0.293 e. The van der Waals surface area contributed by atoms with Gasteiger partial charge >= 0.3 is 0 Å². The van der Waals surface area contributed by atoms with Crippen molar-refractivity contribution in [3.8, 4) is 0 Å². The van der Waals surface area contributed by atoms with Crippen LogP contribution in [0.2, 0.25) is 0 Å². The zero-order chi connectivity index (χ0) is 15.0. The maximum Gasteiger partial charge on any atom is 0.293 e. The van der Waals surface area contributed by atoms with Gasteiger partial charge in [-0.3, -0.25) is 10.1 Å². The number of benzene rings is 1. The van der Waals surface area contributed by atoms with E-state index in [4.69, 9.17) is 0 Å². The van der Waals surface area contributed by atoms with E-state index in [1.165, 1.54) is 25.7 Å². The summed E-state index contributed by atoms with van der Waals surface area (Å²) in [6, 6.07) is 6.78. The average molecular weight is 401 g/mol. The van der Waals surface area contributed by atoms with Gasteiger partial charge in [-0.1, -0.05) is 0 Å². The monoisotopic (exact) mass is 401 g/mol. The number of nitrogens with zero attached hydrogens (tertiary/aromatic N) is 2. The Morgan fingerprint density at radius 1 is 1.38 bits per heavy atom. The Morgan fingerprint density at radius 3 is 2.67 bits per heavy atom. The van der Waals surface area contributed by atoms with E-state index < -0.39 is 0 Å². The summed E-state index contributed by atoms with van der Waals surface area (Å²) in [7, 11) is 2.23. The van der Waals surface area contributed by atoms with Crippen LogP contribution in [-0.2, 0) is 0 Å². The van der Waals surface area contributed by atoms with Crippen LogP contribution < -0.4 is 5.32 Å². The number of nitro benzene ring substituents is 1. The van der Waals surface area contributed by atoms with Crippen LogP contribution in [0.3, 0.4) is 0 Å². The van der Waals surface area contributed by atoms with Crippen LogP contribution in [0.15, 0.2) is 18.2 Å². The van der Waals surface area contributed by atoms with Gasteiger partial charge in [-0.15, -0.1) is 0 Å². The Balaban J connectivity index is 1.65. The molecule has 2 aliphatic rings. The Morgan fingerprint density at radius 2 is 2.05 bits per heavy atom. The molecule has 2 bridgehead atoms. The molecule has 0 radical (unpaired) electrons. The number of fused-ring (bicyclic) bond motifs is 2. The topological polar surface area (TPSA) is 58.4 Å². The molecule has 2 atom stereocenters. The second kappa shape index (κ2) is 6.08. The fraction of sp³-hybridized carbons (Fsp3) is 0.600. The van der Waals surface area contributed by atoms with E-state index in [1.807, 2.05) is 12.1 Å². The van der Waals surface area contributed by atoms with Gasteiger partial charge in [0.2, 0.25) is 0 Å². The molecule has 2 heterocycles. The van der Waals surface area contributed by atoms with Crippen LogP contribution in [0.5, 0.6) is 0 Å². The highest BCUT2D eigenvalue weighted by Gasteiger charge is 2.38. The van der Waals surface area contributed by atoms with Crippen LogP contribution in [0, 0.1) is 19.6 Å². The molecule has 1 aromatic carbocycles. The normalized spacial score (nSPS) is 28.6. The number of piperidine rings is 1. The van der Waals surface area contributed by atoms with Crippen LogP contribution in [0.4, 0.5) is 11.4 Å². The number of nitro groups is 1. The summed E-state index contributed by atoms with van der Waals surface area (Å²) in [5, 5.41) is 14.4. The molecule has 3 rings (SSSR count). The van der Waals surface area contributed by atoms with E-state index in [9.17, 15) is 10.1 Å². The number of hydrogen-bond donors (Lipinski definition) is 1. The van der Waals surface area contributed by atoms with Gasteiger partial charge in [-0.2, -0.15) is 0 Å². The third kappa shape index (κ3) is 3.15. The fourth-order valence-electron chi connectivity index (χ4n) is 3.75. The Labute approximate surface area is 138 Å². The van der Waals surface area contributed by atoms with Crippen LogP contribution in [-0.4, -0.2) is 35.5 Å². The van der Waals surface area contributed by atoms with Crippen LogP contribution in [0.25, 0.3) is 0 Å². The molecule has 114 valence electrons. The second-order valence-electron chi connectivity index (χ2n) is 6.19. The van der Waals surface area contributed by atoms with Gasteiger partial charge in [-0.25, -0.2) is 0 Å². The highest BCUT2D eigenvalue weighted by molar-refractivity contribution is 14.1. The van der Waals surface area contributed by atoms with Crippen molar-refractivity contribution in [1.29, 1.82) is 0 Å². The van der Waals surface area contributed by atoms with Crippen molar-refractivity contribution in [2.45, 2.75) is 37.8 Å². The highest BCUT2D eigenvalue weighted by Crippen LogP contribution is 2.37. The summed E-state index contributed by atoms with van der Waals surface area (Å²) in [6.45, 7) is 0.836. The third-order valence-corrected chi connectivity index (χ3v) is 5.60. The van der Waals surface area contributed by atoms with Gasteiger partial charge in [0.05, 0.1) is 4.92 Å². The van der Waals surface area contributed by atoms with Gasteiger partial charge in [0.1, 0.15) is 5.69 Å². The molecule has 1 N–H and O–H groups in total. The number of halogens is 1. The molecule has 2 saturated heterocycles. The van der Waals surface area contributed by atoms with E-state index in [0.717, 1.165) is 10.1 Å². The lowest BCUT2D eigenvalue weighted by molar-refractivity contribution is -0.384. The van der Waals surface area contributed by atoms with Crippen LogP contribution >= 0.6 is 22.6 Å². The van der Waals surface area contributed by atoms with Gasteiger partial charge in [0.15, 0.2) is 0 Å². The summed E-state index contributed by atoms with van der Waals surface area (Å²) in [5.74, 6) is 0.623. The second-order valence-corrected chi connectivity index (χ2v) is 7.43. The van der Waals surface area contributed by atoms with Crippen molar-refractivity contribution in [2.24, 2.45) is 5.92 Å².